The Hall–Kier alpha value is -1.12. The van der Waals surface area contributed by atoms with Gasteiger partial charge >= 0.3 is 0 Å². The van der Waals surface area contributed by atoms with Crippen LogP contribution >= 0.6 is 15.9 Å². The molecule has 1 fully saturated rings. The number of guanidine groups is 1. The van der Waals surface area contributed by atoms with Crippen molar-refractivity contribution in [3.63, 3.8) is 0 Å². The van der Waals surface area contributed by atoms with Gasteiger partial charge in [-0.15, -0.1) is 0 Å². The van der Waals surface area contributed by atoms with E-state index < -0.39 is 10.0 Å². The third-order valence-electron chi connectivity index (χ3n) is 4.75. The molecule has 1 aromatic rings. The van der Waals surface area contributed by atoms with Crippen LogP contribution in [0.2, 0.25) is 0 Å². The first-order valence-corrected chi connectivity index (χ1v) is 10.5. The zero-order valence-corrected chi connectivity index (χ0v) is 16.1. The first kappa shape index (κ1) is 17.7. The highest BCUT2D eigenvalue weighted by atomic mass is 79.9. The van der Waals surface area contributed by atoms with Gasteiger partial charge in [0.05, 0.1) is 18.2 Å². The second kappa shape index (κ2) is 7.41. The molecule has 1 aliphatic carbocycles. The van der Waals surface area contributed by atoms with Crippen LogP contribution in [0.3, 0.4) is 0 Å². The van der Waals surface area contributed by atoms with Gasteiger partial charge in [-0.25, -0.2) is 18.1 Å². The van der Waals surface area contributed by atoms with Crippen LogP contribution in [-0.4, -0.2) is 38.7 Å². The van der Waals surface area contributed by atoms with E-state index in [0.29, 0.717) is 31.3 Å². The third-order valence-corrected chi connectivity index (χ3v) is 6.63. The average molecular weight is 415 g/mol. The van der Waals surface area contributed by atoms with E-state index in [-0.39, 0.29) is 4.90 Å². The van der Waals surface area contributed by atoms with Crippen LogP contribution < -0.4 is 10.0 Å². The molecule has 2 N–H and O–H groups in total. The standard InChI is InChI=1S/C16H23BrN4O2S/c1-12-4-2-3-5-15(12)21-10-18-16(19-11-21)20-24(22,23)14-8-6-13(17)7-9-14/h6-9,12,15H,2-5,10-11H2,1H3,(H2,18,19,20)/t12-,15-/m1/s1. The van der Waals surface area contributed by atoms with Gasteiger partial charge in [-0.1, -0.05) is 35.7 Å². The lowest BCUT2D eigenvalue weighted by Crippen LogP contribution is -2.54. The lowest BCUT2D eigenvalue weighted by atomic mass is 9.85. The molecule has 8 heteroatoms. The molecule has 0 unspecified atom stereocenters. The van der Waals surface area contributed by atoms with Crippen LogP contribution in [0, 0.1) is 5.92 Å². The predicted octanol–water partition coefficient (Wildman–Crippen LogP) is 2.48. The maximum absolute atomic E-state index is 12.4. The van der Waals surface area contributed by atoms with E-state index in [0.717, 1.165) is 4.47 Å². The van der Waals surface area contributed by atoms with Gasteiger partial charge in [0.1, 0.15) is 0 Å². The maximum atomic E-state index is 12.4. The molecular weight excluding hydrogens is 392 g/mol. The first-order valence-electron chi connectivity index (χ1n) is 8.26. The van der Waals surface area contributed by atoms with E-state index in [4.69, 9.17) is 0 Å². The van der Waals surface area contributed by atoms with E-state index in [1.807, 2.05) is 0 Å². The molecule has 0 spiro atoms. The molecule has 0 saturated heterocycles. The van der Waals surface area contributed by atoms with E-state index in [9.17, 15) is 8.42 Å². The van der Waals surface area contributed by atoms with Crippen LogP contribution in [0.4, 0.5) is 0 Å². The fourth-order valence-electron chi connectivity index (χ4n) is 3.37. The largest absolute Gasteiger partial charge is 0.343 e. The Kier molecular flexibility index (Phi) is 5.46. The van der Waals surface area contributed by atoms with Crippen LogP contribution in [0.1, 0.15) is 32.6 Å². The maximum Gasteiger partial charge on any atom is 0.264 e. The number of nitrogens with one attached hydrogen (secondary N) is 2. The second-order valence-electron chi connectivity index (χ2n) is 6.46. The van der Waals surface area contributed by atoms with Crippen molar-refractivity contribution in [2.45, 2.75) is 43.5 Å². The van der Waals surface area contributed by atoms with Gasteiger partial charge < -0.3 is 5.32 Å². The molecule has 6 nitrogen and oxygen atoms in total. The monoisotopic (exact) mass is 414 g/mol. The summed E-state index contributed by atoms with van der Waals surface area (Å²) in [5.74, 6) is 0.981. The number of sulfonamides is 1. The number of rotatable bonds is 3. The van der Waals surface area contributed by atoms with E-state index in [1.165, 1.54) is 25.7 Å². The highest BCUT2D eigenvalue weighted by Crippen LogP contribution is 2.28. The Morgan fingerprint density at radius 3 is 2.58 bits per heavy atom. The number of benzene rings is 1. The SMILES string of the molecule is C[C@@H]1CCCC[C@H]1N1CN=C(NS(=O)(=O)c2ccc(Br)cc2)NC1. The molecule has 0 bridgehead atoms. The van der Waals surface area contributed by atoms with Crippen molar-refractivity contribution < 1.29 is 8.42 Å². The minimum absolute atomic E-state index is 0.221. The molecule has 0 amide bonds. The Bertz CT molecular complexity index is 705. The lowest BCUT2D eigenvalue weighted by Gasteiger charge is -2.39. The van der Waals surface area contributed by atoms with Crippen molar-refractivity contribution in [3.05, 3.63) is 28.7 Å². The molecular formula is C16H23BrN4O2S. The number of nitrogens with zero attached hydrogens (tertiary/aromatic N) is 2. The highest BCUT2D eigenvalue weighted by Gasteiger charge is 2.29. The fraction of sp³-hybridized carbons (Fsp3) is 0.562. The van der Waals surface area contributed by atoms with E-state index >= 15 is 0 Å². The molecule has 1 aromatic carbocycles. The van der Waals surface area contributed by atoms with Gasteiger partial charge in [0.15, 0.2) is 0 Å². The van der Waals surface area contributed by atoms with Crippen molar-refractivity contribution in [1.82, 2.24) is 14.9 Å². The number of hydrogen-bond acceptors (Lipinski definition) is 5. The Balaban J connectivity index is 1.63. The van der Waals surface area contributed by atoms with E-state index in [1.54, 1.807) is 24.3 Å². The molecule has 24 heavy (non-hydrogen) atoms. The summed E-state index contributed by atoms with van der Waals surface area (Å²) in [6, 6.07) is 7.06. The van der Waals surface area contributed by atoms with Crippen molar-refractivity contribution in [2.75, 3.05) is 13.3 Å². The zero-order chi connectivity index (χ0) is 17.2. The summed E-state index contributed by atoms with van der Waals surface area (Å²) in [5, 5.41) is 3.10. The first-order chi connectivity index (χ1) is 11.5. The van der Waals surface area contributed by atoms with E-state index in [2.05, 4.69) is 42.8 Å². The summed E-state index contributed by atoms with van der Waals surface area (Å²) < 4.78 is 28.1. The van der Waals surface area contributed by atoms with Gasteiger partial charge in [-0.2, -0.15) is 0 Å². The molecule has 1 saturated carbocycles. The third kappa shape index (κ3) is 4.10. The quantitative estimate of drug-likeness (QED) is 0.796. The summed E-state index contributed by atoms with van der Waals surface area (Å²) in [4.78, 5) is 6.89. The molecule has 2 atom stereocenters. The number of halogens is 1. The van der Waals surface area contributed by atoms with Crippen LogP contribution in [-0.2, 0) is 10.0 Å². The average Bonchev–Trinajstić information content (AvgIpc) is 2.56. The van der Waals surface area contributed by atoms with Gasteiger partial charge in [-0.3, -0.25) is 4.90 Å². The molecule has 1 heterocycles. The predicted molar refractivity (Wildman–Crippen MR) is 98.0 cm³/mol. The van der Waals surface area contributed by atoms with Gasteiger partial charge in [0, 0.05) is 10.5 Å². The molecule has 3 rings (SSSR count). The molecule has 0 aromatic heterocycles. The summed E-state index contributed by atoms with van der Waals surface area (Å²) in [6.45, 7) is 3.44. The van der Waals surface area contributed by atoms with Crippen LogP contribution in [0.25, 0.3) is 0 Å². The molecule has 0 radical (unpaired) electrons. The summed E-state index contributed by atoms with van der Waals surface area (Å²) in [5.41, 5.74) is 0. The molecule has 132 valence electrons. The highest BCUT2D eigenvalue weighted by molar-refractivity contribution is 9.10. The smallest absolute Gasteiger partial charge is 0.264 e. The van der Waals surface area contributed by atoms with Crippen molar-refractivity contribution >= 4 is 31.9 Å². The van der Waals surface area contributed by atoms with Crippen LogP contribution in [0.5, 0.6) is 0 Å². The molecule has 2 aliphatic rings. The van der Waals surface area contributed by atoms with Crippen molar-refractivity contribution in [3.8, 4) is 0 Å². The molecule has 1 aliphatic heterocycles. The minimum atomic E-state index is -3.61. The zero-order valence-electron chi connectivity index (χ0n) is 13.7. The fourth-order valence-corrected chi connectivity index (χ4v) is 4.64. The van der Waals surface area contributed by atoms with Crippen LogP contribution in [0.15, 0.2) is 38.6 Å². The summed E-state index contributed by atoms with van der Waals surface area (Å²) in [6.07, 6.45) is 5.02. The lowest BCUT2D eigenvalue weighted by molar-refractivity contribution is 0.106. The van der Waals surface area contributed by atoms with Crippen molar-refractivity contribution in [2.24, 2.45) is 10.9 Å². The summed E-state index contributed by atoms with van der Waals surface area (Å²) in [7, 11) is -3.61. The second-order valence-corrected chi connectivity index (χ2v) is 9.06. The minimum Gasteiger partial charge on any atom is -0.343 e. The topological polar surface area (TPSA) is 73.8 Å². The van der Waals surface area contributed by atoms with Crippen molar-refractivity contribution in [1.29, 1.82) is 0 Å². The Morgan fingerprint density at radius 2 is 1.96 bits per heavy atom. The Morgan fingerprint density at radius 1 is 1.25 bits per heavy atom. The van der Waals surface area contributed by atoms with Gasteiger partial charge in [0.2, 0.25) is 5.96 Å². The summed E-state index contributed by atoms with van der Waals surface area (Å²) >= 11 is 3.30. The van der Waals surface area contributed by atoms with Gasteiger partial charge in [0.25, 0.3) is 10.0 Å². The normalized spacial score (nSPS) is 25.7. The number of hydrogen-bond donors (Lipinski definition) is 2. The number of aliphatic imine (C=N–C) groups is 1. The van der Waals surface area contributed by atoms with Gasteiger partial charge in [-0.05, 0) is 43.0 Å². The Labute approximate surface area is 151 Å².